The molecule has 1 aliphatic heterocycles. The van der Waals surface area contributed by atoms with Crippen LogP contribution in [0.3, 0.4) is 0 Å². The fourth-order valence-corrected chi connectivity index (χ4v) is 3.43. The molecule has 0 radical (unpaired) electrons. The molecule has 0 unspecified atom stereocenters. The summed E-state index contributed by atoms with van der Waals surface area (Å²) >= 11 is 7.47. The Labute approximate surface area is 126 Å². The second-order valence-corrected chi connectivity index (χ2v) is 6.27. The number of nitrogens with zero attached hydrogens (tertiary/aromatic N) is 4. The number of piperidine rings is 1. The summed E-state index contributed by atoms with van der Waals surface area (Å²) in [4.78, 5) is 18.6. The van der Waals surface area contributed by atoms with E-state index in [1.807, 2.05) is 16.5 Å². The van der Waals surface area contributed by atoms with Crippen LogP contribution in [0, 0.1) is 0 Å². The van der Waals surface area contributed by atoms with Crippen molar-refractivity contribution in [3.05, 3.63) is 34.0 Å². The summed E-state index contributed by atoms with van der Waals surface area (Å²) in [5, 5.41) is 7.72. The van der Waals surface area contributed by atoms with Gasteiger partial charge in [-0.2, -0.15) is 5.10 Å². The largest absolute Gasteiger partial charge is 0.340 e. The highest BCUT2D eigenvalue weighted by Crippen LogP contribution is 2.28. The zero-order chi connectivity index (χ0) is 13.9. The summed E-state index contributed by atoms with van der Waals surface area (Å²) in [6.07, 6.45) is 7.17. The van der Waals surface area contributed by atoms with Crippen molar-refractivity contribution in [1.82, 2.24) is 19.7 Å². The summed E-state index contributed by atoms with van der Waals surface area (Å²) in [5.41, 5.74) is 0. The van der Waals surface area contributed by atoms with E-state index in [1.165, 1.54) is 0 Å². The molecule has 3 rings (SSSR count). The Morgan fingerprint density at radius 2 is 2.45 bits per heavy atom. The molecule has 0 aromatic carbocycles. The second-order valence-electron chi connectivity index (χ2n) is 4.91. The van der Waals surface area contributed by atoms with Crippen LogP contribution in [0.2, 0.25) is 5.02 Å². The molecule has 1 amide bonds. The maximum atomic E-state index is 12.3. The van der Waals surface area contributed by atoms with Crippen LogP contribution in [0.15, 0.2) is 24.0 Å². The molecule has 0 N–H and O–H groups in total. The van der Waals surface area contributed by atoms with E-state index < -0.39 is 0 Å². The molecule has 1 fully saturated rings. The maximum Gasteiger partial charge on any atom is 0.244 e. The minimum absolute atomic E-state index is 0.0889. The predicted octanol–water partition coefficient (Wildman–Crippen LogP) is 2.40. The van der Waals surface area contributed by atoms with Crippen molar-refractivity contribution < 1.29 is 4.79 Å². The Bertz CT molecular complexity index is 583. The lowest BCUT2D eigenvalue weighted by Crippen LogP contribution is -2.40. The van der Waals surface area contributed by atoms with E-state index in [1.54, 1.807) is 28.4 Å². The van der Waals surface area contributed by atoms with Crippen LogP contribution >= 0.6 is 22.9 Å². The number of hydrogen-bond acceptors (Lipinski definition) is 4. The minimum Gasteiger partial charge on any atom is -0.340 e. The average Bonchev–Trinajstić information content (AvgIpc) is 3.11. The van der Waals surface area contributed by atoms with Crippen molar-refractivity contribution in [3.63, 3.8) is 0 Å². The number of thiazole rings is 1. The smallest absolute Gasteiger partial charge is 0.244 e. The van der Waals surface area contributed by atoms with Crippen molar-refractivity contribution in [2.75, 3.05) is 13.1 Å². The molecule has 3 heterocycles. The highest BCUT2D eigenvalue weighted by atomic mass is 35.5. The molecule has 0 aliphatic carbocycles. The number of aromatic nitrogens is 3. The molecule has 5 nitrogen and oxygen atoms in total. The Morgan fingerprint density at radius 3 is 3.15 bits per heavy atom. The standard InChI is InChI=1S/C13H15ClN4OS/c14-11-6-16-18(8-11)9-12(19)17-4-1-2-10(7-17)13-15-3-5-20-13/h3,5-6,8,10H,1-2,4,7,9H2/t10-/m1/s1. The van der Waals surface area contributed by atoms with Crippen molar-refractivity contribution in [3.8, 4) is 0 Å². The second kappa shape index (κ2) is 5.93. The van der Waals surface area contributed by atoms with Crippen LogP contribution in [0.4, 0.5) is 0 Å². The van der Waals surface area contributed by atoms with Gasteiger partial charge < -0.3 is 4.90 Å². The number of carbonyl (C=O) groups excluding carboxylic acids is 1. The maximum absolute atomic E-state index is 12.3. The summed E-state index contributed by atoms with van der Waals surface area (Å²) in [6.45, 7) is 1.81. The van der Waals surface area contributed by atoms with Gasteiger partial charge in [0.2, 0.25) is 5.91 Å². The Hall–Kier alpha value is -1.40. The summed E-state index contributed by atoms with van der Waals surface area (Å²) in [7, 11) is 0. The van der Waals surface area contributed by atoms with Crippen LogP contribution in [0.25, 0.3) is 0 Å². The first-order chi connectivity index (χ1) is 9.72. The van der Waals surface area contributed by atoms with Gasteiger partial charge in [-0.25, -0.2) is 4.98 Å². The lowest BCUT2D eigenvalue weighted by atomic mass is 9.99. The van der Waals surface area contributed by atoms with Gasteiger partial charge in [0.25, 0.3) is 0 Å². The molecular formula is C13H15ClN4OS. The van der Waals surface area contributed by atoms with E-state index >= 15 is 0 Å². The highest BCUT2D eigenvalue weighted by molar-refractivity contribution is 7.09. The lowest BCUT2D eigenvalue weighted by molar-refractivity contribution is -0.133. The molecule has 1 aliphatic rings. The van der Waals surface area contributed by atoms with Gasteiger partial charge in [0.15, 0.2) is 0 Å². The van der Waals surface area contributed by atoms with E-state index in [0.717, 1.165) is 30.9 Å². The molecule has 7 heteroatoms. The monoisotopic (exact) mass is 310 g/mol. The third-order valence-electron chi connectivity index (χ3n) is 3.47. The van der Waals surface area contributed by atoms with Crippen molar-refractivity contribution in [2.45, 2.75) is 25.3 Å². The van der Waals surface area contributed by atoms with E-state index in [0.29, 0.717) is 10.9 Å². The Morgan fingerprint density at radius 1 is 1.55 bits per heavy atom. The van der Waals surface area contributed by atoms with Gasteiger partial charge in [-0.05, 0) is 12.8 Å². The molecule has 0 spiro atoms. The summed E-state index contributed by atoms with van der Waals surface area (Å²) < 4.78 is 1.58. The zero-order valence-electron chi connectivity index (χ0n) is 10.9. The molecular weight excluding hydrogens is 296 g/mol. The minimum atomic E-state index is 0.0889. The van der Waals surface area contributed by atoms with Gasteiger partial charge in [0, 0.05) is 36.8 Å². The number of halogens is 1. The molecule has 0 saturated carbocycles. The van der Waals surface area contributed by atoms with Gasteiger partial charge in [-0.1, -0.05) is 11.6 Å². The average molecular weight is 311 g/mol. The van der Waals surface area contributed by atoms with Gasteiger partial charge in [-0.15, -0.1) is 11.3 Å². The quantitative estimate of drug-likeness (QED) is 0.874. The van der Waals surface area contributed by atoms with Gasteiger partial charge in [0.1, 0.15) is 6.54 Å². The summed E-state index contributed by atoms with van der Waals surface area (Å²) in [6, 6.07) is 0. The first kappa shape index (κ1) is 13.6. The lowest BCUT2D eigenvalue weighted by Gasteiger charge is -2.31. The predicted molar refractivity (Wildman–Crippen MR) is 77.9 cm³/mol. The summed E-state index contributed by atoms with van der Waals surface area (Å²) in [5.74, 6) is 0.458. The topological polar surface area (TPSA) is 51.0 Å². The first-order valence-corrected chi connectivity index (χ1v) is 7.83. The Kier molecular flexibility index (Phi) is 4.03. The number of rotatable bonds is 3. The Balaban J connectivity index is 1.63. The fourth-order valence-electron chi connectivity index (χ4n) is 2.50. The normalized spacial score (nSPS) is 19.2. The molecule has 1 atom stereocenters. The van der Waals surface area contributed by atoms with Gasteiger partial charge >= 0.3 is 0 Å². The van der Waals surface area contributed by atoms with Crippen LogP contribution in [0.1, 0.15) is 23.8 Å². The molecule has 20 heavy (non-hydrogen) atoms. The van der Waals surface area contributed by atoms with Crippen molar-refractivity contribution in [2.24, 2.45) is 0 Å². The van der Waals surface area contributed by atoms with Gasteiger partial charge in [-0.3, -0.25) is 9.48 Å². The third kappa shape index (κ3) is 3.02. The van der Waals surface area contributed by atoms with Crippen LogP contribution in [0.5, 0.6) is 0 Å². The zero-order valence-corrected chi connectivity index (χ0v) is 12.5. The highest BCUT2D eigenvalue weighted by Gasteiger charge is 2.26. The van der Waals surface area contributed by atoms with Crippen LogP contribution in [-0.4, -0.2) is 38.7 Å². The first-order valence-electron chi connectivity index (χ1n) is 6.57. The van der Waals surface area contributed by atoms with E-state index in [2.05, 4.69) is 10.1 Å². The fraction of sp³-hybridized carbons (Fsp3) is 0.462. The molecule has 0 bridgehead atoms. The van der Waals surface area contributed by atoms with E-state index in [9.17, 15) is 4.79 Å². The van der Waals surface area contributed by atoms with E-state index in [-0.39, 0.29) is 12.5 Å². The number of carbonyl (C=O) groups is 1. The molecule has 2 aromatic heterocycles. The molecule has 106 valence electrons. The molecule has 1 saturated heterocycles. The van der Waals surface area contributed by atoms with Crippen molar-refractivity contribution in [1.29, 1.82) is 0 Å². The number of likely N-dealkylation sites (tertiary alicyclic amines) is 1. The number of hydrogen-bond donors (Lipinski definition) is 0. The van der Waals surface area contributed by atoms with Crippen molar-refractivity contribution >= 4 is 28.8 Å². The molecule has 2 aromatic rings. The SMILES string of the molecule is O=C(Cn1cc(Cl)cn1)N1CCC[C@@H](c2nccs2)C1. The van der Waals surface area contributed by atoms with Crippen LogP contribution in [-0.2, 0) is 11.3 Å². The van der Waals surface area contributed by atoms with Crippen LogP contribution < -0.4 is 0 Å². The van der Waals surface area contributed by atoms with Gasteiger partial charge in [0.05, 0.1) is 16.2 Å². The van der Waals surface area contributed by atoms with E-state index in [4.69, 9.17) is 11.6 Å². The third-order valence-corrected chi connectivity index (χ3v) is 4.61. The number of amides is 1.